The molecule has 8 rings (SSSR count). The Bertz CT molecular complexity index is 2640. The number of rotatable bonds is 5. The summed E-state index contributed by atoms with van der Waals surface area (Å²) in [6.45, 7) is 8.94. The number of hydrogen-bond acceptors (Lipinski definition) is 11. The van der Waals surface area contributed by atoms with Crippen molar-refractivity contribution in [2.75, 3.05) is 0 Å². The lowest BCUT2D eigenvalue weighted by Gasteiger charge is -2.37. The number of Topliss-reactive ketones (excluding diaryl/α,β-unsaturated/α-hetero) is 1. The molecular weight excluding hydrogens is 716 g/mol. The second kappa shape index (κ2) is 13.7. The first-order valence-corrected chi connectivity index (χ1v) is 18.1. The van der Waals surface area contributed by atoms with Gasteiger partial charge in [0.05, 0.1) is 11.1 Å². The van der Waals surface area contributed by atoms with Crippen molar-refractivity contribution in [3.05, 3.63) is 133 Å². The molecule has 8 N–H and O–H groups in total. The van der Waals surface area contributed by atoms with E-state index in [0.29, 0.717) is 11.1 Å². The van der Waals surface area contributed by atoms with Crippen molar-refractivity contribution in [3.63, 3.8) is 0 Å². The third-order valence-corrected chi connectivity index (χ3v) is 10.8. The Morgan fingerprint density at radius 3 is 2.18 bits per heavy atom. The van der Waals surface area contributed by atoms with E-state index in [4.69, 9.17) is 4.42 Å². The lowest BCUT2D eigenvalue weighted by molar-refractivity contribution is 0.0876. The smallest absolute Gasteiger partial charge is 0.200 e. The minimum Gasteiger partial charge on any atom is -0.508 e. The molecule has 0 radical (unpaired) electrons. The molecule has 56 heavy (non-hydrogen) atoms. The van der Waals surface area contributed by atoms with E-state index in [2.05, 4.69) is 0 Å². The van der Waals surface area contributed by atoms with Gasteiger partial charge < -0.3 is 45.3 Å². The molecule has 11 heteroatoms. The van der Waals surface area contributed by atoms with Crippen LogP contribution in [0.1, 0.15) is 91.1 Å². The minimum absolute atomic E-state index is 0.0361. The zero-order valence-corrected chi connectivity index (χ0v) is 31.4. The van der Waals surface area contributed by atoms with E-state index in [9.17, 15) is 45.6 Å². The number of aliphatic hydroxyl groups is 1. The first-order chi connectivity index (χ1) is 26.4. The molecule has 3 aliphatic carbocycles. The molecule has 4 aromatic carbocycles. The Morgan fingerprint density at radius 2 is 1.52 bits per heavy atom. The van der Waals surface area contributed by atoms with E-state index < -0.39 is 57.6 Å². The van der Waals surface area contributed by atoms with E-state index in [0.717, 1.165) is 29.3 Å². The molecule has 0 spiro atoms. The van der Waals surface area contributed by atoms with Crippen LogP contribution < -0.4 is 5.43 Å². The summed E-state index contributed by atoms with van der Waals surface area (Å²) < 4.78 is 6.19. The third kappa shape index (κ3) is 6.14. The minimum atomic E-state index is -2.04. The average molecular weight is 759 g/mol. The fraction of sp³-hybridized carbons (Fsp3) is 0.244. The van der Waals surface area contributed by atoms with Crippen LogP contribution in [-0.4, -0.2) is 46.6 Å². The molecule has 1 heterocycles. The van der Waals surface area contributed by atoms with E-state index >= 15 is 4.79 Å². The van der Waals surface area contributed by atoms with Crippen LogP contribution in [0, 0.1) is 5.92 Å². The summed E-state index contributed by atoms with van der Waals surface area (Å²) in [5, 5.41) is 90.4. The van der Waals surface area contributed by atoms with Crippen LogP contribution in [0.2, 0.25) is 0 Å². The molecule has 3 aliphatic rings. The molecule has 0 amide bonds. The molecule has 0 saturated heterocycles. The van der Waals surface area contributed by atoms with Gasteiger partial charge in [-0.25, -0.2) is 0 Å². The van der Waals surface area contributed by atoms with Crippen LogP contribution in [0.25, 0.3) is 22.3 Å². The lowest BCUT2D eigenvalue weighted by Crippen LogP contribution is -2.32. The first-order valence-electron chi connectivity index (χ1n) is 18.1. The van der Waals surface area contributed by atoms with Crippen molar-refractivity contribution >= 4 is 16.8 Å². The van der Waals surface area contributed by atoms with Gasteiger partial charge in [0.2, 0.25) is 5.43 Å². The largest absolute Gasteiger partial charge is 0.508 e. The number of carbonyl (C=O) groups excluding carboxylic acids is 1. The van der Waals surface area contributed by atoms with Gasteiger partial charge in [0.1, 0.15) is 62.6 Å². The number of hydrogen-bond donors (Lipinski definition) is 8. The zero-order valence-electron chi connectivity index (χ0n) is 31.4. The van der Waals surface area contributed by atoms with Crippen LogP contribution in [0.15, 0.2) is 98.8 Å². The van der Waals surface area contributed by atoms with E-state index in [1.54, 1.807) is 45.1 Å². The van der Waals surface area contributed by atoms with Crippen molar-refractivity contribution < 1.29 is 50.1 Å². The first kappa shape index (κ1) is 37.8. The van der Waals surface area contributed by atoms with Crippen molar-refractivity contribution in [3.8, 4) is 51.6 Å². The predicted octanol–water partition coefficient (Wildman–Crippen LogP) is 8.14. The van der Waals surface area contributed by atoms with Gasteiger partial charge in [-0.3, -0.25) is 9.59 Å². The summed E-state index contributed by atoms with van der Waals surface area (Å²) in [5.41, 5.74) is -0.541. The Kier molecular flexibility index (Phi) is 9.25. The summed E-state index contributed by atoms with van der Waals surface area (Å²) in [5.74, 6) is -7.01. The Hall–Kier alpha value is -6.46. The Morgan fingerprint density at radius 1 is 0.804 bits per heavy atom. The molecule has 0 fully saturated rings. The van der Waals surface area contributed by atoms with Gasteiger partial charge in [-0.2, -0.15) is 0 Å². The second-order valence-corrected chi connectivity index (χ2v) is 15.3. The van der Waals surface area contributed by atoms with E-state index in [-0.39, 0.29) is 80.2 Å². The van der Waals surface area contributed by atoms with Crippen LogP contribution in [0.3, 0.4) is 0 Å². The van der Waals surface area contributed by atoms with Crippen molar-refractivity contribution in [2.24, 2.45) is 5.92 Å². The molecule has 4 unspecified atom stereocenters. The highest BCUT2D eigenvalue weighted by molar-refractivity contribution is 6.03. The number of phenolic OH excluding ortho intramolecular Hbond substituents is 7. The molecule has 288 valence electrons. The normalized spacial score (nSPS) is 20.2. The van der Waals surface area contributed by atoms with E-state index in [1.165, 1.54) is 30.3 Å². The van der Waals surface area contributed by atoms with Gasteiger partial charge in [0.15, 0.2) is 5.78 Å². The van der Waals surface area contributed by atoms with Crippen LogP contribution >= 0.6 is 0 Å². The Labute approximate surface area is 321 Å². The molecule has 0 saturated carbocycles. The molecule has 11 nitrogen and oxygen atoms in total. The number of fused-ring (bicyclic) bond motifs is 3. The maximum atomic E-state index is 15.0. The monoisotopic (exact) mass is 758 g/mol. The maximum Gasteiger partial charge on any atom is 0.200 e. The zero-order chi connectivity index (χ0) is 40.5. The van der Waals surface area contributed by atoms with Gasteiger partial charge in [-0.1, -0.05) is 41.0 Å². The number of allylic oxidation sites excluding steroid dienone is 5. The van der Waals surface area contributed by atoms with E-state index in [1.807, 2.05) is 13.8 Å². The Balaban J connectivity index is 1.52. The van der Waals surface area contributed by atoms with Gasteiger partial charge in [-0.05, 0) is 88.9 Å². The topological polar surface area (TPSA) is 209 Å². The highest BCUT2D eigenvalue weighted by Gasteiger charge is 2.45. The summed E-state index contributed by atoms with van der Waals surface area (Å²) in [7, 11) is 0. The molecule has 1 aromatic heterocycles. The average Bonchev–Trinajstić information content (AvgIpc) is 3.11. The molecule has 4 bridgehead atoms. The van der Waals surface area contributed by atoms with Crippen molar-refractivity contribution in [2.45, 2.75) is 64.9 Å². The lowest BCUT2D eigenvalue weighted by atomic mass is 9.65. The van der Waals surface area contributed by atoms with Crippen LogP contribution in [-0.2, 0) is 12.0 Å². The summed E-state index contributed by atoms with van der Waals surface area (Å²) in [4.78, 5) is 29.5. The standard InChI is InChI=1S/C45H42O11/c1-20(2)6-9-27-41(52)40-37(56-44(27)26-11-8-24(46)15-33(26)48)18-36(51)39(43(40)54)30-13-22(5)12-28-25-10-7-23(14-32(25)47)45(55,19-21(3)4)31-16-29(42(53)38(28)30)34(49)17-35(31)50/h6-8,10-11,13-19,28,30,38,46-51,54-55H,9,12H2,1-5H3. The highest BCUT2D eigenvalue weighted by Crippen LogP contribution is 2.55. The summed E-state index contributed by atoms with van der Waals surface area (Å²) in [6, 6.07) is 11.7. The van der Waals surface area contributed by atoms with Gasteiger partial charge >= 0.3 is 0 Å². The quantitative estimate of drug-likeness (QED) is 0.0802. The predicted molar refractivity (Wildman–Crippen MR) is 210 cm³/mol. The fourth-order valence-corrected chi connectivity index (χ4v) is 8.32. The fourth-order valence-electron chi connectivity index (χ4n) is 8.32. The number of benzene rings is 4. The summed E-state index contributed by atoms with van der Waals surface area (Å²) in [6.07, 6.45) is 5.21. The number of carbonyl (C=O) groups is 1. The summed E-state index contributed by atoms with van der Waals surface area (Å²) >= 11 is 0. The van der Waals surface area contributed by atoms with Crippen molar-refractivity contribution in [1.29, 1.82) is 0 Å². The maximum absolute atomic E-state index is 15.0. The van der Waals surface area contributed by atoms with Gasteiger partial charge in [-0.15, -0.1) is 0 Å². The SMILES string of the molecule is CC(C)=CCc1c(-c2ccc(O)cc2O)oc2cc(O)c(C3C=C(C)CC4c5ccc(cc5O)C(O)(C=C(C)C)c5cc(c(O)cc5O)C(=O)C34)c(O)c2c1=O. The highest BCUT2D eigenvalue weighted by atomic mass is 16.3. The number of ketones is 1. The second-order valence-electron chi connectivity index (χ2n) is 15.3. The van der Waals surface area contributed by atoms with Crippen LogP contribution in [0.4, 0.5) is 0 Å². The molecule has 0 aliphatic heterocycles. The van der Waals surface area contributed by atoms with Gasteiger partial charge in [0.25, 0.3) is 0 Å². The number of phenols is 7. The van der Waals surface area contributed by atoms with Crippen LogP contribution in [0.5, 0.6) is 40.2 Å². The van der Waals surface area contributed by atoms with Gasteiger partial charge in [0, 0.05) is 52.6 Å². The third-order valence-electron chi connectivity index (χ3n) is 10.8. The number of aromatic hydroxyl groups is 7. The molecule has 4 atom stereocenters. The molecular formula is C45H42O11. The van der Waals surface area contributed by atoms with Crippen molar-refractivity contribution in [1.82, 2.24) is 0 Å². The molecule has 5 aromatic rings.